The number of fused-ring (bicyclic) bond motifs is 1. The summed E-state index contributed by atoms with van der Waals surface area (Å²) in [5.74, 6) is -1.18. The van der Waals surface area contributed by atoms with Gasteiger partial charge in [-0.2, -0.15) is 10.4 Å². The molecule has 2 heterocycles. The number of Topliss-reactive ketones (excluding diaryl/α,β-unsaturated/α-hetero) is 3. The maximum atomic E-state index is 13.2. The van der Waals surface area contributed by atoms with E-state index in [1.807, 2.05) is 0 Å². The molecule has 1 N–H and O–H groups in total. The number of hydrogen-bond donors (Lipinski definition) is 1. The summed E-state index contributed by atoms with van der Waals surface area (Å²) in [6.07, 6.45) is 2.86. The van der Waals surface area contributed by atoms with E-state index in [2.05, 4.69) is 16.3 Å². The Morgan fingerprint density at radius 3 is 2.61 bits per heavy atom. The second kappa shape index (κ2) is 5.86. The van der Waals surface area contributed by atoms with Gasteiger partial charge in [-0.1, -0.05) is 12.1 Å². The number of nitriles is 1. The predicted molar refractivity (Wildman–Crippen MR) is 95.1 cm³/mol. The van der Waals surface area contributed by atoms with Crippen molar-refractivity contribution in [1.82, 2.24) is 10.2 Å². The zero-order valence-electron chi connectivity index (χ0n) is 14.6. The van der Waals surface area contributed by atoms with Crippen molar-refractivity contribution in [3.63, 3.8) is 0 Å². The van der Waals surface area contributed by atoms with Gasteiger partial charge >= 0.3 is 0 Å². The van der Waals surface area contributed by atoms with Gasteiger partial charge < -0.3 is 4.74 Å². The monoisotopic (exact) mass is 371 g/mol. The first-order valence-corrected chi connectivity index (χ1v) is 8.91. The van der Waals surface area contributed by atoms with Gasteiger partial charge in [0.1, 0.15) is 11.5 Å². The molecule has 1 aromatic carbocycles. The van der Waals surface area contributed by atoms with Gasteiger partial charge in [0.25, 0.3) is 0 Å². The molecule has 1 unspecified atom stereocenters. The molecule has 2 aromatic rings. The van der Waals surface area contributed by atoms with Gasteiger partial charge in [0.2, 0.25) is 5.78 Å². The van der Waals surface area contributed by atoms with Crippen LogP contribution in [0.2, 0.25) is 0 Å². The van der Waals surface area contributed by atoms with E-state index in [0.29, 0.717) is 41.7 Å². The Balaban J connectivity index is 1.75. The van der Waals surface area contributed by atoms with Crippen LogP contribution in [0.25, 0.3) is 0 Å². The molecular formula is C21H13N3O4. The van der Waals surface area contributed by atoms with Gasteiger partial charge in [-0.3, -0.25) is 19.5 Å². The summed E-state index contributed by atoms with van der Waals surface area (Å²) >= 11 is 0. The first-order chi connectivity index (χ1) is 13.6. The number of ether oxygens (including phenoxy) is 1. The fourth-order valence-electron chi connectivity index (χ4n) is 4.09. The summed E-state index contributed by atoms with van der Waals surface area (Å²) < 4.78 is 5.84. The molecule has 28 heavy (non-hydrogen) atoms. The number of aromatic amines is 1. The van der Waals surface area contributed by atoms with Crippen molar-refractivity contribution < 1.29 is 19.1 Å². The van der Waals surface area contributed by atoms with Crippen molar-refractivity contribution >= 4 is 17.3 Å². The highest BCUT2D eigenvalue weighted by Crippen LogP contribution is 2.47. The van der Waals surface area contributed by atoms with Gasteiger partial charge in [-0.15, -0.1) is 0 Å². The lowest BCUT2D eigenvalue weighted by Gasteiger charge is -2.34. The number of ketones is 3. The molecule has 3 aliphatic rings. The highest BCUT2D eigenvalue weighted by molar-refractivity contribution is 6.27. The minimum absolute atomic E-state index is 0.0374. The second-order valence-corrected chi connectivity index (χ2v) is 6.94. The van der Waals surface area contributed by atoms with Gasteiger partial charge in [0, 0.05) is 24.3 Å². The Morgan fingerprint density at radius 1 is 1.07 bits per heavy atom. The van der Waals surface area contributed by atoms with E-state index >= 15 is 0 Å². The third kappa shape index (κ3) is 2.15. The molecule has 1 atom stereocenters. The van der Waals surface area contributed by atoms with Crippen LogP contribution in [0.5, 0.6) is 0 Å². The molecule has 2 aliphatic carbocycles. The first-order valence-electron chi connectivity index (χ1n) is 8.91. The zero-order valence-corrected chi connectivity index (χ0v) is 14.6. The fraction of sp³-hybridized carbons (Fsp3) is 0.190. The summed E-state index contributed by atoms with van der Waals surface area (Å²) in [4.78, 5) is 38.9. The minimum Gasteiger partial charge on any atom is -0.457 e. The fourth-order valence-corrected chi connectivity index (χ4v) is 4.09. The quantitative estimate of drug-likeness (QED) is 0.825. The molecule has 0 radical (unpaired) electrons. The third-order valence-corrected chi connectivity index (χ3v) is 5.39. The summed E-state index contributed by atoms with van der Waals surface area (Å²) in [5, 5.41) is 15.5. The van der Waals surface area contributed by atoms with Crippen LogP contribution in [0.1, 0.15) is 57.2 Å². The van der Waals surface area contributed by atoms with E-state index in [4.69, 9.17) is 10.00 Å². The molecule has 1 aromatic heterocycles. The minimum atomic E-state index is -0.696. The molecule has 0 bridgehead atoms. The number of nitrogens with zero attached hydrogens (tertiary/aromatic N) is 2. The Bertz CT molecular complexity index is 1170. The number of allylic oxidation sites excluding steroid dienone is 4. The Hall–Kier alpha value is -3.79. The summed E-state index contributed by atoms with van der Waals surface area (Å²) in [6, 6.07) is 8.76. The van der Waals surface area contributed by atoms with Crippen LogP contribution in [-0.2, 0) is 9.53 Å². The largest absolute Gasteiger partial charge is 0.457 e. The van der Waals surface area contributed by atoms with Crippen molar-refractivity contribution in [2.45, 2.75) is 25.2 Å². The molecule has 0 saturated heterocycles. The smallest absolute Gasteiger partial charge is 0.247 e. The molecule has 0 spiro atoms. The van der Waals surface area contributed by atoms with Crippen molar-refractivity contribution in [2.24, 2.45) is 0 Å². The van der Waals surface area contributed by atoms with E-state index < -0.39 is 11.7 Å². The van der Waals surface area contributed by atoms with E-state index in [-0.39, 0.29) is 34.2 Å². The molecule has 0 saturated carbocycles. The standard InChI is InChI=1S/C21H13N3O4/c22-8-10-4-6-11(7-5-10)15-16-13(25)2-1-3-14(16)28-21-17(15)19(26)12-9-23-24-18(12)20(21)27/h4-7,9,15H,1-3H2,(H,23,24). The lowest BCUT2D eigenvalue weighted by atomic mass is 9.72. The molecular weight excluding hydrogens is 358 g/mol. The van der Waals surface area contributed by atoms with Gasteiger partial charge in [-0.25, -0.2) is 0 Å². The van der Waals surface area contributed by atoms with E-state index in [1.165, 1.54) is 6.20 Å². The zero-order chi connectivity index (χ0) is 19.4. The van der Waals surface area contributed by atoms with Crippen LogP contribution in [0.15, 0.2) is 53.1 Å². The first kappa shape index (κ1) is 16.4. The van der Waals surface area contributed by atoms with Crippen molar-refractivity contribution in [1.29, 1.82) is 5.26 Å². The Labute approximate surface area is 159 Å². The molecule has 0 amide bonds. The lowest BCUT2D eigenvalue weighted by Crippen LogP contribution is -2.33. The van der Waals surface area contributed by atoms with E-state index in [1.54, 1.807) is 24.3 Å². The number of aromatic nitrogens is 2. The molecule has 1 aliphatic heterocycles. The topological polar surface area (TPSA) is 113 Å². The Morgan fingerprint density at radius 2 is 1.86 bits per heavy atom. The average Bonchev–Trinajstić information content (AvgIpc) is 3.21. The van der Waals surface area contributed by atoms with Crippen molar-refractivity contribution in [3.05, 3.63) is 75.5 Å². The number of carbonyl (C=O) groups excluding carboxylic acids is 3. The van der Waals surface area contributed by atoms with Crippen LogP contribution < -0.4 is 0 Å². The highest BCUT2D eigenvalue weighted by Gasteiger charge is 2.46. The van der Waals surface area contributed by atoms with Crippen LogP contribution in [0, 0.1) is 11.3 Å². The van der Waals surface area contributed by atoms with Gasteiger partial charge in [0.05, 0.1) is 29.0 Å². The summed E-state index contributed by atoms with van der Waals surface area (Å²) in [6.45, 7) is 0. The molecule has 0 fully saturated rings. The number of carbonyl (C=O) groups is 3. The average molecular weight is 371 g/mol. The maximum absolute atomic E-state index is 13.2. The lowest BCUT2D eigenvalue weighted by molar-refractivity contribution is -0.116. The van der Waals surface area contributed by atoms with Crippen LogP contribution >= 0.6 is 0 Å². The molecule has 5 rings (SSSR count). The van der Waals surface area contributed by atoms with Crippen LogP contribution in [-0.4, -0.2) is 27.5 Å². The van der Waals surface area contributed by atoms with Crippen LogP contribution in [0.3, 0.4) is 0 Å². The molecule has 7 nitrogen and oxygen atoms in total. The number of rotatable bonds is 1. The highest BCUT2D eigenvalue weighted by atomic mass is 16.5. The number of benzene rings is 1. The van der Waals surface area contributed by atoms with E-state index in [0.717, 1.165) is 0 Å². The predicted octanol–water partition coefficient (Wildman–Crippen LogP) is 2.74. The van der Waals surface area contributed by atoms with Crippen molar-refractivity contribution in [3.8, 4) is 6.07 Å². The maximum Gasteiger partial charge on any atom is 0.247 e. The van der Waals surface area contributed by atoms with Crippen LogP contribution in [0.4, 0.5) is 0 Å². The van der Waals surface area contributed by atoms with E-state index in [9.17, 15) is 14.4 Å². The number of H-pyrrole nitrogens is 1. The normalized spacial score (nSPS) is 21.0. The number of hydrogen-bond acceptors (Lipinski definition) is 6. The molecule has 136 valence electrons. The van der Waals surface area contributed by atoms with Gasteiger partial charge in [-0.05, 0) is 24.1 Å². The summed E-state index contributed by atoms with van der Waals surface area (Å²) in [7, 11) is 0. The molecule has 7 heteroatoms. The Kier molecular flexibility index (Phi) is 3.43. The number of nitrogens with one attached hydrogen (secondary N) is 1. The summed E-state index contributed by atoms with van der Waals surface area (Å²) in [5.41, 5.74) is 2.02. The second-order valence-electron chi connectivity index (χ2n) is 6.94. The van der Waals surface area contributed by atoms with Gasteiger partial charge in [0.15, 0.2) is 17.3 Å². The third-order valence-electron chi connectivity index (χ3n) is 5.39. The van der Waals surface area contributed by atoms with Crippen molar-refractivity contribution in [2.75, 3.05) is 0 Å². The SMILES string of the molecule is N#Cc1ccc(C2C3=C(CCCC3=O)OC3=C2C(=O)c2cn[nH]c2C3=O)cc1.